The Morgan fingerprint density at radius 3 is 2.57 bits per heavy atom. The minimum atomic E-state index is 0.123. The summed E-state index contributed by atoms with van der Waals surface area (Å²) in [5.41, 5.74) is 5.69. The molecule has 1 unspecified atom stereocenters. The van der Waals surface area contributed by atoms with Gasteiger partial charge in [-0.2, -0.15) is 0 Å². The Kier molecular flexibility index (Phi) is 6.14. The molecule has 30 heavy (non-hydrogen) atoms. The first-order valence-corrected chi connectivity index (χ1v) is 11.4. The molecule has 0 aromatic heterocycles. The highest BCUT2D eigenvalue weighted by atomic mass is 16.3. The van der Waals surface area contributed by atoms with E-state index in [1.54, 1.807) is 6.92 Å². The van der Waals surface area contributed by atoms with Gasteiger partial charge in [0.15, 0.2) is 0 Å². The Morgan fingerprint density at radius 1 is 1.13 bits per heavy atom. The number of likely N-dealkylation sites (tertiary alicyclic amines) is 1. The Bertz CT molecular complexity index is 906. The van der Waals surface area contributed by atoms with E-state index in [4.69, 9.17) is 0 Å². The molecule has 0 aliphatic carbocycles. The van der Waals surface area contributed by atoms with Crippen molar-refractivity contribution in [2.45, 2.75) is 58.4 Å². The van der Waals surface area contributed by atoms with E-state index in [9.17, 15) is 9.90 Å². The van der Waals surface area contributed by atoms with Crippen molar-refractivity contribution in [1.29, 1.82) is 0 Å². The molecule has 0 radical (unpaired) electrons. The van der Waals surface area contributed by atoms with Crippen molar-refractivity contribution in [2.24, 2.45) is 0 Å². The van der Waals surface area contributed by atoms with Gasteiger partial charge in [-0.1, -0.05) is 31.2 Å². The van der Waals surface area contributed by atoms with Crippen LogP contribution in [-0.4, -0.2) is 53.0 Å². The molecule has 2 aliphatic rings. The number of benzene rings is 2. The van der Waals surface area contributed by atoms with Crippen LogP contribution in [0, 0.1) is 0 Å². The van der Waals surface area contributed by atoms with Crippen molar-refractivity contribution in [3.8, 4) is 16.9 Å². The fraction of sp³-hybridized carbons (Fsp3) is 0.500. The van der Waals surface area contributed by atoms with Gasteiger partial charge in [0.1, 0.15) is 5.75 Å². The minimum absolute atomic E-state index is 0.123. The smallest absolute Gasteiger partial charge is 0.219 e. The van der Waals surface area contributed by atoms with Gasteiger partial charge in [0.25, 0.3) is 0 Å². The van der Waals surface area contributed by atoms with Gasteiger partial charge < -0.3 is 14.9 Å². The number of nitrogens with zero attached hydrogens (tertiary/aromatic N) is 2. The van der Waals surface area contributed by atoms with Crippen LogP contribution in [0.15, 0.2) is 36.4 Å². The van der Waals surface area contributed by atoms with Crippen molar-refractivity contribution in [1.82, 2.24) is 9.80 Å². The van der Waals surface area contributed by atoms with Gasteiger partial charge in [-0.15, -0.1) is 0 Å². The maximum absolute atomic E-state index is 11.9. The van der Waals surface area contributed by atoms with Crippen LogP contribution in [0.3, 0.4) is 0 Å². The molecule has 2 aromatic carbocycles. The molecule has 2 aliphatic heterocycles. The largest absolute Gasteiger partial charge is 0.507 e. The molecule has 1 N–H and O–H groups in total. The molecule has 1 amide bonds. The number of carbonyl (C=O) groups excluding carboxylic acids is 1. The van der Waals surface area contributed by atoms with Gasteiger partial charge >= 0.3 is 0 Å². The van der Waals surface area contributed by atoms with Crippen LogP contribution in [-0.2, 0) is 17.6 Å². The third kappa shape index (κ3) is 4.39. The molecule has 1 saturated heterocycles. The van der Waals surface area contributed by atoms with Gasteiger partial charge in [-0.25, -0.2) is 0 Å². The van der Waals surface area contributed by atoms with Crippen LogP contribution in [0.1, 0.15) is 56.2 Å². The minimum Gasteiger partial charge on any atom is -0.507 e. The number of carbonyl (C=O) groups is 1. The molecule has 0 bridgehead atoms. The molecule has 160 valence electrons. The number of fused-ring (bicyclic) bond motifs is 1. The van der Waals surface area contributed by atoms with Gasteiger partial charge in [0, 0.05) is 38.2 Å². The molecular weight excluding hydrogens is 372 g/mol. The van der Waals surface area contributed by atoms with Crippen LogP contribution in [0.4, 0.5) is 0 Å². The van der Waals surface area contributed by atoms with E-state index in [0.29, 0.717) is 11.8 Å². The van der Waals surface area contributed by atoms with Crippen molar-refractivity contribution in [3.63, 3.8) is 0 Å². The lowest BCUT2D eigenvalue weighted by Crippen LogP contribution is -2.32. The molecule has 1 fully saturated rings. The second kappa shape index (κ2) is 8.81. The van der Waals surface area contributed by atoms with E-state index in [0.717, 1.165) is 49.2 Å². The molecule has 0 saturated carbocycles. The summed E-state index contributed by atoms with van der Waals surface area (Å²) < 4.78 is 0. The maximum Gasteiger partial charge on any atom is 0.219 e. The first-order valence-electron chi connectivity index (χ1n) is 11.4. The van der Waals surface area contributed by atoms with E-state index in [1.807, 2.05) is 11.0 Å². The fourth-order valence-electron chi connectivity index (χ4n) is 5.06. The topological polar surface area (TPSA) is 43.8 Å². The number of phenolic OH excluding ortho intramolecular Hbond substituents is 1. The number of hydrogen-bond acceptors (Lipinski definition) is 3. The van der Waals surface area contributed by atoms with Crippen LogP contribution < -0.4 is 0 Å². The summed E-state index contributed by atoms with van der Waals surface area (Å²) in [6.45, 7) is 9.93. The second-order valence-corrected chi connectivity index (χ2v) is 9.16. The van der Waals surface area contributed by atoms with Crippen molar-refractivity contribution in [3.05, 3.63) is 53.1 Å². The number of phenols is 1. The summed E-state index contributed by atoms with van der Waals surface area (Å²) in [5.74, 6) is 0.710. The molecule has 4 heteroatoms. The molecule has 4 nitrogen and oxygen atoms in total. The van der Waals surface area contributed by atoms with Crippen molar-refractivity contribution >= 4 is 5.91 Å². The Morgan fingerprint density at radius 2 is 1.90 bits per heavy atom. The first kappa shape index (κ1) is 20.9. The summed E-state index contributed by atoms with van der Waals surface area (Å²) in [6.07, 6.45) is 4.50. The van der Waals surface area contributed by atoms with Crippen molar-refractivity contribution < 1.29 is 9.90 Å². The summed E-state index contributed by atoms with van der Waals surface area (Å²) in [6, 6.07) is 13.4. The van der Waals surface area contributed by atoms with Crippen LogP contribution >= 0.6 is 0 Å². The number of aromatic hydroxyl groups is 1. The maximum atomic E-state index is 11.9. The second-order valence-electron chi connectivity index (χ2n) is 9.16. The van der Waals surface area contributed by atoms with Crippen LogP contribution in [0.25, 0.3) is 11.1 Å². The highest BCUT2D eigenvalue weighted by Gasteiger charge is 2.23. The molecular formula is C26H34N2O2. The normalized spacial score (nSPS) is 22.0. The van der Waals surface area contributed by atoms with E-state index in [-0.39, 0.29) is 11.8 Å². The quantitative estimate of drug-likeness (QED) is 0.807. The average molecular weight is 407 g/mol. The highest BCUT2D eigenvalue weighted by Crippen LogP contribution is 2.36. The Labute approximate surface area is 180 Å². The van der Waals surface area contributed by atoms with E-state index >= 15 is 0 Å². The first-order chi connectivity index (χ1) is 14.4. The zero-order valence-corrected chi connectivity index (χ0v) is 18.5. The molecule has 2 aromatic rings. The van der Waals surface area contributed by atoms with Crippen molar-refractivity contribution in [2.75, 3.05) is 26.2 Å². The summed E-state index contributed by atoms with van der Waals surface area (Å²) in [7, 11) is 0. The fourth-order valence-corrected chi connectivity index (χ4v) is 5.06. The lowest BCUT2D eigenvalue weighted by atomic mass is 9.90. The molecule has 4 rings (SSSR count). The SMILES string of the molecule is CC(=O)N1CCc2cc(O)c(-c3ccc(CCN4CCC[C@H]4C)cc3)cc2C(C)C1. The molecule has 0 spiro atoms. The summed E-state index contributed by atoms with van der Waals surface area (Å²) in [4.78, 5) is 16.4. The summed E-state index contributed by atoms with van der Waals surface area (Å²) >= 11 is 0. The van der Waals surface area contributed by atoms with E-state index < -0.39 is 0 Å². The van der Waals surface area contributed by atoms with E-state index in [2.05, 4.69) is 49.1 Å². The van der Waals surface area contributed by atoms with Gasteiger partial charge in [0.2, 0.25) is 5.91 Å². The molecule has 2 atom stereocenters. The predicted molar refractivity (Wildman–Crippen MR) is 122 cm³/mol. The van der Waals surface area contributed by atoms with E-state index in [1.165, 1.54) is 30.5 Å². The van der Waals surface area contributed by atoms with Crippen LogP contribution in [0.2, 0.25) is 0 Å². The van der Waals surface area contributed by atoms with Gasteiger partial charge in [-0.05, 0) is 79.5 Å². The predicted octanol–water partition coefficient (Wildman–Crippen LogP) is 4.59. The Balaban J connectivity index is 1.52. The van der Waals surface area contributed by atoms with Gasteiger partial charge in [-0.3, -0.25) is 4.79 Å². The zero-order valence-electron chi connectivity index (χ0n) is 18.5. The zero-order chi connectivity index (χ0) is 21.3. The van der Waals surface area contributed by atoms with Gasteiger partial charge in [0.05, 0.1) is 0 Å². The number of hydrogen-bond donors (Lipinski definition) is 1. The molecule has 2 heterocycles. The van der Waals surface area contributed by atoms with Crippen LogP contribution in [0.5, 0.6) is 5.75 Å². The monoisotopic (exact) mass is 406 g/mol. The lowest BCUT2D eigenvalue weighted by Gasteiger charge is -2.21. The third-order valence-corrected chi connectivity index (χ3v) is 7.02. The number of amides is 1. The summed E-state index contributed by atoms with van der Waals surface area (Å²) in [5, 5.41) is 10.7. The third-order valence-electron chi connectivity index (χ3n) is 7.02. The number of rotatable bonds is 4. The lowest BCUT2D eigenvalue weighted by molar-refractivity contribution is -0.128. The standard InChI is InChI=1S/C26H34N2O2/c1-18-17-28(20(3)29)14-11-23-15-26(30)25(16-24(18)23)22-8-6-21(7-9-22)10-13-27-12-4-5-19(27)2/h6-9,15-16,18-19,30H,4-5,10-14,17H2,1-3H3/t18?,19-/m1/s1. The average Bonchev–Trinajstić information content (AvgIpc) is 3.06. The highest BCUT2D eigenvalue weighted by molar-refractivity contribution is 5.74. The Hall–Kier alpha value is -2.33.